The number of amides is 1. The van der Waals surface area contributed by atoms with Crippen LogP contribution in [0.5, 0.6) is 0 Å². The van der Waals surface area contributed by atoms with Gasteiger partial charge in [0.2, 0.25) is 5.91 Å². The largest absolute Gasteiger partial charge is 0.326 e. The van der Waals surface area contributed by atoms with Crippen LogP contribution in [0.25, 0.3) is 16.9 Å². The van der Waals surface area contributed by atoms with Gasteiger partial charge in [0.15, 0.2) is 0 Å². The van der Waals surface area contributed by atoms with E-state index in [4.69, 9.17) is 28.9 Å². The van der Waals surface area contributed by atoms with Crippen molar-refractivity contribution in [1.82, 2.24) is 9.78 Å². The molecule has 0 unspecified atom stereocenters. The minimum absolute atomic E-state index is 0.196. The Hall–Kier alpha value is -2.34. The van der Waals surface area contributed by atoms with E-state index in [9.17, 15) is 4.79 Å². The van der Waals surface area contributed by atoms with E-state index < -0.39 is 0 Å². The van der Waals surface area contributed by atoms with Gasteiger partial charge >= 0.3 is 0 Å². The van der Waals surface area contributed by atoms with E-state index in [1.165, 1.54) is 6.92 Å². The molecule has 0 aliphatic carbocycles. The lowest BCUT2D eigenvalue weighted by Crippen LogP contribution is -2.11. The Morgan fingerprint density at radius 2 is 1.88 bits per heavy atom. The highest BCUT2D eigenvalue weighted by Crippen LogP contribution is 2.29. The van der Waals surface area contributed by atoms with Crippen LogP contribution >= 0.6 is 23.2 Å². The third-order valence-corrected chi connectivity index (χ3v) is 4.18. The van der Waals surface area contributed by atoms with E-state index >= 15 is 0 Å². The smallest absolute Gasteiger partial charge is 0.222 e. The van der Waals surface area contributed by atoms with Gasteiger partial charge in [-0.1, -0.05) is 41.4 Å². The molecule has 0 radical (unpaired) electrons. The van der Waals surface area contributed by atoms with Gasteiger partial charge in [-0.15, -0.1) is 0 Å². The van der Waals surface area contributed by atoms with Crippen molar-refractivity contribution in [2.24, 2.45) is 5.73 Å². The van der Waals surface area contributed by atoms with Gasteiger partial charge in [-0.05, 0) is 29.8 Å². The molecule has 1 amide bonds. The van der Waals surface area contributed by atoms with Crippen LogP contribution in [0.4, 0.5) is 5.82 Å². The molecule has 0 saturated carbocycles. The molecular weight excluding hydrogens is 359 g/mol. The Balaban J connectivity index is 2.11. The number of benzene rings is 2. The highest BCUT2D eigenvalue weighted by atomic mass is 35.5. The van der Waals surface area contributed by atoms with Crippen LogP contribution in [0.3, 0.4) is 0 Å². The van der Waals surface area contributed by atoms with E-state index in [1.807, 2.05) is 24.3 Å². The molecule has 0 spiro atoms. The molecule has 0 aliphatic rings. The topological polar surface area (TPSA) is 72.9 Å². The summed E-state index contributed by atoms with van der Waals surface area (Å²) in [6.07, 6.45) is 0. The van der Waals surface area contributed by atoms with Crippen LogP contribution in [-0.2, 0) is 11.3 Å². The van der Waals surface area contributed by atoms with Crippen molar-refractivity contribution in [2.75, 3.05) is 5.32 Å². The number of anilines is 1. The number of halogens is 2. The molecule has 0 atom stereocenters. The van der Waals surface area contributed by atoms with Crippen LogP contribution in [-0.4, -0.2) is 15.7 Å². The number of rotatable bonds is 4. The summed E-state index contributed by atoms with van der Waals surface area (Å²) in [6, 6.07) is 14.6. The zero-order valence-electron chi connectivity index (χ0n) is 13.5. The molecule has 0 aliphatic heterocycles. The van der Waals surface area contributed by atoms with Gasteiger partial charge in [-0.3, -0.25) is 4.79 Å². The molecule has 25 heavy (non-hydrogen) atoms. The summed E-state index contributed by atoms with van der Waals surface area (Å²) in [5, 5.41) is 8.52. The molecule has 128 valence electrons. The van der Waals surface area contributed by atoms with Crippen LogP contribution in [0.15, 0.2) is 48.5 Å². The zero-order valence-corrected chi connectivity index (χ0v) is 15.0. The molecule has 3 N–H and O–H groups in total. The normalized spacial score (nSPS) is 10.7. The van der Waals surface area contributed by atoms with Crippen molar-refractivity contribution in [3.05, 3.63) is 64.1 Å². The molecule has 1 aromatic heterocycles. The fraction of sp³-hybridized carbons (Fsp3) is 0.111. The summed E-state index contributed by atoms with van der Waals surface area (Å²) in [5.74, 6) is 0.332. The molecule has 2 aromatic carbocycles. The zero-order chi connectivity index (χ0) is 18.0. The van der Waals surface area contributed by atoms with Gasteiger partial charge in [0.1, 0.15) is 5.82 Å². The SMILES string of the molecule is CC(=O)Nc1cc(-c2ccc(Cl)cc2)nn1-c1ccc(CN)cc1Cl. The standard InChI is InChI=1S/C18H16Cl2N4O/c1-11(25)22-18-9-16(13-3-5-14(19)6-4-13)23-24(18)17-7-2-12(10-21)8-15(17)20/h2-9H,10,21H2,1H3,(H,22,25). The third-order valence-electron chi connectivity index (χ3n) is 3.63. The Labute approximate surface area is 155 Å². The number of carbonyl (C=O) groups is 1. The quantitative estimate of drug-likeness (QED) is 0.716. The van der Waals surface area contributed by atoms with E-state index in [2.05, 4.69) is 10.4 Å². The molecule has 0 saturated heterocycles. The monoisotopic (exact) mass is 374 g/mol. The highest BCUT2D eigenvalue weighted by Gasteiger charge is 2.15. The number of aromatic nitrogens is 2. The molecule has 1 heterocycles. The molecular formula is C18H16Cl2N4O. The average molecular weight is 375 g/mol. The minimum Gasteiger partial charge on any atom is -0.326 e. The number of nitrogens with zero attached hydrogens (tertiary/aromatic N) is 2. The Morgan fingerprint density at radius 1 is 1.16 bits per heavy atom. The lowest BCUT2D eigenvalue weighted by Gasteiger charge is -2.10. The first kappa shape index (κ1) is 17.5. The average Bonchev–Trinajstić information content (AvgIpc) is 2.98. The Morgan fingerprint density at radius 3 is 2.48 bits per heavy atom. The van der Waals surface area contributed by atoms with Gasteiger partial charge in [-0.25, -0.2) is 4.68 Å². The second-order valence-corrected chi connectivity index (χ2v) is 6.35. The van der Waals surface area contributed by atoms with Crippen molar-refractivity contribution in [3.63, 3.8) is 0 Å². The van der Waals surface area contributed by atoms with Crippen molar-refractivity contribution >= 4 is 34.9 Å². The van der Waals surface area contributed by atoms with Crippen LogP contribution in [0.2, 0.25) is 10.0 Å². The van der Waals surface area contributed by atoms with Gasteiger partial charge in [0.05, 0.1) is 16.4 Å². The van der Waals surface area contributed by atoms with E-state index in [-0.39, 0.29) is 5.91 Å². The number of hydrogen-bond acceptors (Lipinski definition) is 3. The lowest BCUT2D eigenvalue weighted by atomic mass is 10.1. The minimum atomic E-state index is -0.196. The van der Waals surface area contributed by atoms with Crippen molar-refractivity contribution < 1.29 is 4.79 Å². The molecule has 5 nitrogen and oxygen atoms in total. The predicted octanol–water partition coefficient (Wildman–Crippen LogP) is 4.26. The molecule has 0 bridgehead atoms. The van der Waals surface area contributed by atoms with Gasteiger partial charge in [0.25, 0.3) is 0 Å². The third kappa shape index (κ3) is 3.85. The van der Waals surface area contributed by atoms with E-state index in [1.54, 1.807) is 28.9 Å². The van der Waals surface area contributed by atoms with Crippen molar-refractivity contribution in [2.45, 2.75) is 13.5 Å². The number of hydrogen-bond donors (Lipinski definition) is 2. The predicted molar refractivity (Wildman–Crippen MR) is 101 cm³/mol. The second kappa shape index (κ2) is 7.27. The second-order valence-electron chi connectivity index (χ2n) is 5.50. The van der Waals surface area contributed by atoms with Crippen LogP contribution in [0, 0.1) is 0 Å². The summed E-state index contributed by atoms with van der Waals surface area (Å²) >= 11 is 12.3. The summed E-state index contributed by atoms with van der Waals surface area (Å²) in [4.78, 5) is 11.6. The number of carbonyl (C=O) groups excluding carboxylic acids is 1. The lowest BCUT2D eigenvalue weighted by molar-refractivity contribution is -0.114. The Bertz CT molecular complexity index is 919. The maximum atomic E-state index is 11.6. The van der Waals surface area contributed by atoms with Gasteiger partial charge < -0.3 is 11.1 Å². The van der Waals surface area contributed by atoms with E-state index in [0.717, 1.165) is 11.1 Å². The maximum Gasteiger partial charge on any atom is 0.222 e. The maximum absolute atomic E-state index is 11.6. The molecule has 3 aromatic rings. The Kier molecular flexibility index (Phi) is 5.08. The first-order chi connectivity index (χ1) is 12.0. The molecule has 3 rings (SSSR count). The summed E-state index contributed by atoms with van der Waals surface area (Å²) in [6.45, 7) is 1.84. The fourth-order valence-electron chi connectivity index (χ4n) is 2.45. The number of nitrogens with two attached hydrogens (primary N) is 1. The molecule has 0 fully saturated rings. The van der Waals surface area contributed by atoms with Crippen LogP contribution < -0.4 is 11.1 Å². The number of nitrogens with one attached hydrogen (secondary N) is 1. The first-order valence-electron chi connectivity index (χ1n) is 7.60. The highest BCUT2D eigenvalue weighted by molar-refractivity contribution is 6.32. The first-order valence-corrected chi connectivity index (χ1v) is 8.36. The van der Waals surface area contributed by atoms with Gasteiger partial charge in [0, 0.05) is 30.1 Å². The van der Waals surface area contributed by atoms with Crippen molar-refractivity contribution in [1.29, 1.82) is 0 Å². The van der Waals surface area contributed by atoms with Gasteiger partial charge in [-0.2, -0.15) is 5.10 Å². The fourth-order valence-corrected chi connectivity index (χ4v) is 2.85. The summed E-state index contributed by atoms with van der Waals surface area (Å²) in [7, 11) is 0. The molecule has 7 heteroatoms. The summed E-state index contributed by atoms with van der Waals surface area (Å²) in [5.41, 5.74) is 8.79. The summed E-state index contributed by atoms with van der Waals surface area (Å²) < 4.78 is 1.61. The van der Waals surface area contributed by atoms with Crippen LogP contribution in [0.1, 0.15) is 12.5 Å². The van der Waals surface area contributed by atoms with Crippen molar-refractivity contribution in [3.8, 4) is 16.9 Å². The van der Waals surface area contributed by atoms with E-state index in [0.29, 0.717) is 33.8 Å².